The van der Waals surface area contributed by atoms with E-state index in [9.17, 15) is 10.5 Å². The van der Waals surface area contributed by atoms with Crippen molar-refractivity contribution in [3.63, 3.8) is 0 Å². The van der Waals surface area contributed by atoms with E-state index < -0.39 is 0 Å². The summed E-state index contributed by atoms with van der Waals surface area (Å²) in [6, 6.07) is 75.7. The summed E-state index contributed by atoms with van der Waals surface area (Å²) < 4.78 is 4.49. The third-order valence-electron chi connectivity index (χ3n) is 12.7. The lowest BCUT2D eigenvalue weighted by Crippen LogP contribution is -2.04. The molecule has 0 unspecified atom stereocenters. The zero-order valence-corrected chi connectivity index (χ0v) is 35.5. The molecule has 0 saturated heterocycles. The number of rotatable bonds is 7. The van der Waals surface area contributed by atoms with E-state index in [1.165, 1.54) is 0 Å². The van der Waals surface area contributed by atoms with E-state index in [1.807, 2.05) is 85.2 Å². The van der Waals surface area contributed by atoms with Gasteiger partial charge in [-0.15, -0.1) is 0 Å². The van der Waals surface area contributed by atoms with Gasteiger partial charge in [-0.2, -0.15) is 10.5 Å². The van der Waals surface area contributed by atoms with Crippen LogP contribution in [0.15, 0.2) is 219 Å². The SMILES string of the molecule is N#Cc1cccc(-c2cc(-n3c4ccccc4c4cc(-c5ccnc(-c6ccccc6)c5)ccc43)c(C#N)cc2-n2c3ccccc3c3cc(-c4ccnc(-c5ccccc5)c4)ccc32)c1. The predicted molar refractivity (Wildman–Crippen MR) is 267 cm³/mol. The summed E-state index contributed by atoms with van der Waals surface area (Å²) in [5.74, 6) is 0. The molecule has 4 aromatic heterocycles. The fourth-order valence-corrected chi connectivity index (χ4v) is 9.60. The van der Waals surface area contributed by atoms with Crippen LogP contribution in [0.4, 0.5) is 0 Å². The second-order valence-corrected chi connectivity index (χ2v) is 16.5. The van der Waals surface area contributed by atoms with E-state index in [0.717, 1.165) is 111 Å². The maximum atomic E-state index is 11.2. The molecule has 8 aromatic carbocycles. The van der Waals surface area contributed by atoms with Crippen LogP contribution >= 0.6 is 0 Å². The minimum atomic E-state index is 0.520. The van der Waals surface area contributed by atoms with E-state index >= 15 is 0 Å². The maximum absolute atomic E-state index is 11.2. The molecule has 0 saturated carbocycles. The number of hydrogen-bond acceptors (Lipinski definition) is 4. The third-order valence-corrected chi connectivity index (χ3v) is 12.7. The van der Waals surface area contributed by atoms with Crippen LogP contribution in [0, 0.1) is 22.7 Å². The highest BCUT2D eigenvalue weighted by Gasteiger charge is 2.23. The second-order valence-electron chi connectivity index (χ2n) is 16.5. The van der Waals surface area contributed by atoms with Gasteiger partial charge in [0.25, 0.3) is 0 Å². The molecular formula is C60H36N6. The van der Waals surface area contributed by atoms with Crippen LogP contribution in [0.1, 0.15) is 11.1 Å². The van der Waals surface area contributed by atoms with Gasteiger partial charge in [-0.3, -0.25) is 9.97 Å². The van der Waals surface area contributed by atoms with Gasteiger partial charge in [-0.05, 0) is 113 Å². The Morgan fingerprint density at radius 2 is 0.818 bits per heavy atom. The molecule has 0 spiro atoms. The summed E-state index contributed by atoms with van der Waals surface area (Å²) in [7, 11) is 0. The molecule has 0 fully saturated rings. The average molecular weight is 841 g/mol. The molecule has 0 bridgehead atoms. The Morgan fingerprint density at radius 3 is 1.36 bits per heavy atom. The largest absolute Gasteiger partial charge is 0.309 e. The summed E-state index contributed by atoms with van der Waals surface area (Å²) in [5.41, 5.74) is 16.7. The number of fused-ring (bicyclic) bond motifs is 6. The van der Waals surface area contributed by atoms with E-state index in [2.05, 4.69) is 160 Å². The number of nitriles is 2. The van der Waals surface area contributed by atoms with Crippen molar-refractivity contribution >= 4 is 43.6 Å². The molecule has 0 aliphatic rings. The van der Waals surface area contributed by atoms with Gasteiger partial charge < -0.3 is 9.13 Å². The highest BCUT2D eigenvalue weighted by atomic mass is 15.0. The molecule has 0 atom stereocenters. The highest BCUT2D eigenvalue weighted by molar-refractivity contribution is 6.12. The molecule has 6 heteroatoms. The van der Waals surface area contributed by atoms with Gasteiger partial charge in [0.1, 0.15) is 6.07 Å². The minimum absolute atomic E-state index is 0.520. The van der Waals surface area contributed by atoms with E-state index in [1.54, 1.807) is 0 Å². The van der Waals surface area contributed by atoms with Crippen molar-refractivity contribution in [3.8, 4) is 79.4 Å². The number of nitrogens with zero attached hydrogens (tertiary/aromatic N) is 6. The van der Waals surface area contributed by atoms with Gasteiger partial charge in [0.05, 0.1) is 62.0 Å². The van der Waals surface area contributed by atoms with Crippen molar-refractivity contribution in [1.29, 1.82) is 10.5 Å². The zero-order valence-electron chi connectivity index (χ0n) is 35.5. The lowest BCUT2D eigenvalue weighted by atomic mass is 9.97. The summed E-state index contributed by atoms with van der Waals surface area (Å²) in [5, 5.41) is 25.7. The fraction of sp³-hybridized carbons (Fsp3) is 0. The van der Waals surface area contributed by atoms with Crippen LogP contribution in [0.3, 0.4) is 0 Å². The molecular weight excluding hydrogens is 805 g/mol. The number of pyridine rings is 2. The van der Waals surface area contributed by atoms with Gasteiger partial charge >= 0.3 is 0 Å². The first-order chi connectivity index (χ1) is 32.6. The van der Waals surface area contributed by atoms with Crippen molar-refractivity contribution < 1.29 is 0 Å². The van der Waals surface area contributed by atoms with Crippen LogP contribution in [0.5, 0.6) is 0 Å². The van der Waals surface area contributed by atoms with Gasteiger partial charge in [-0.1, -0.05) is 121 Å². The smallest absolute Gasteiger partial charge is 0.101 e. The second kappa shape index (κ2) is 15.8. The topological polar surface area (TPSA) is 83.2 Å². The molecule has 0 aliphatic heterocycles. The van der Waals surface area contributed by atoms with Crippen molar-refractivity contribution in [2.75, 3.05) is 0 Å². The first kappa shape index (κ1) is 38.3. The number of para-hydroxylation sites is 2. The van der Waals surface area contributed by atoms with Crippen LogP contribution < -0.4 is 0 Å². The number of aromatic nitrogens is 4. The van der Waals surface area contributed by atoms with Crippen molar-refractivity contribution in [2.45, 2.75) is 0 Å². The Balaban J connectivity index is 1.07. The summed E-state index contributed by atoms with van der Waals surface area (Å²) in [6.45, 7) is 0. The van der Waals surface area contributed by atoms with Crippen molar-refractivity contribution in [1.82, 2.24) is 19.1 Å². The number of benzene rings is 8. The highest BCUT2D eigenvalue weighted by Crippen LogP contribution is 2.42. The van der Waals surface area contributed by atoms with Gasteiger partial charge in [-0.25, -0.2) is 0 Å². The molecule has 6 nitrogen and oxygen atoms in total. The van der Waals surface area contributed by atoms with Crippen LogP contribution in [0.2, 0.25) is 0 Å². The minimum Gasteiger partial charge on any atom is -0.309 e. The van der Waals surface area contributed by atoms with E-state index in [4.69, 9.17) is 4.98 Å². The lowest BCUT2D eigenvalue weighted by Gasteiger charge is -2.19. The Hall–Kier alpha value is -9.36. The molecule has 0 radical (unpaired) electrons. The summed E-state index contributed by atoms with van der Waals surface area (Å²) >= 11 is 0. The molecule has 306 valence electrons. The fourth-order valence-electron chi connectivity index (χ4n) is 9.60. The quantitative estimate of drug-likeness (QED) is 0.160. The Kier molecular flexibility index (Phi) is 9.16. The monoisotopic (exact) mass is 840 g/mol. The molecule has 0 N–H and O–H groups in total. The standard InChI is InChI=1S/C60H36N6/c61-37-39-12-11-17-46(30-39)50-36-59(65-55-20-9-7-18-48(55)51-31-42(22-24-57(51)65)44-26-28-63-53(33-44)40-13-3-1-4-14-40)47(38-62)35-60(50)66-56-21-10-8-19-49(56)52-32-43(23-25-58(52)66)45-27-29-64-54(34-45)41-15-5-2-6-16-41/h1-36H. The van der Waals surface area contributed by atoms with Gasteiger partial charge in [0.2, 0.25) is 0 Å². The van der Waals surface area contributed by atoms with Crippen LogP contribution in [-0.2, 0) is 0 Å². The van der Waals surface area contributed by atoms with E-state index in [-0.39, 0.29) is 0 Å². The first-order valence-corrected chi connectivity index (χ1v) is 21.8. The molecule has 4 heterocycles. The molecule has 0 aliphatic carbocycles. The molecule has 12 rings (SSSR count). The molecule has 12 aromatic rings. The van der Waals surface area contributed by atoms with Crippen molar-refractivity contribution in [2.24, 2.45) is 0 Å². The zero-order chi connectivity index (χ0) is 44.1. The van der Waals surface area contributed by atoms with Gasteiger partial charge in [0.15, 0.2) is 0 Å². The van der Waals surface area contributed by atoms with Crippen molar-refractivity contribution in [3.05, 3.63) is 230 Å². The Bertz CT molecular complexity index is 3960. The summed E-state index contributed by atoms with van der Waals surface area (Å²) in [4.78, 5) is 9.38. The molecule has 66 heavy (non-hydrogen) atoms. The van der Waals surface area contributed by atoms with Crippen LogP contribution in [0.25, 0.3) is 111 Å². The first-order valence-electron chi connectivity index (χ1n) is 21.8. The maximum Gasteiger partial charge on any atom is 0.101 e. The lowest BCUT2D eigenvalue weighted by molar-refractivity contribution is 1.14. The summed E-state index contributed by atoms with van der Waals surface area (Å²) in [6.07, 6.45) is 3.74. The predicted octanol–water partition coefficient (Wildman–Crippen LogP) is 14.7. The average Bonchev–Trinajstić information content (AvgIpc) is 3.91. The van der Waals surface area contributed by atoms with Crippen LogP contribution in [-0.4, -0.2) is 19.1 Å². The van der Waals surface area contributed by atoms with E-state index in [0.29, 0.717) is 11.1 Å². The third kappa shape index (κ3) is 6.41. The number of hydrogen-bond donors (Lipinski definition) is 0. The molecule has 0 amide bonds. The van der Waals surface area contributed by atoms with Gasteiger partial charge in [0, 0.05) is 50.6 Å². The Morgan fingerprint density at radius 1 is 0.333 bits per heavy atom. The Labute approximate surface area is 380 Å². The normalized spacial score (nSPS) is 11.3.